The summed E-state index contributed by atoms with van der Waals surface area (Å²) in [4.78, 5) is 0. The van der Waals surface area contributed by atoms with Gasteiger partial charge in [-0.3, -0.25) is 0 Å². The molecule has 0 aromatic rings. The number of hydrogen-bond acceptors (Lipinski definition) is 0. The lowest BCUT2D eigenvalue weighted by Gasteiger charge is -2.14. The molecule has 0 atom stereocenters. The molecule has 0 unspecified atom stereocenters. The van der Waals surface area contributed by atoms with Crippen molar-refractivity contribution in [2.45, 2.75) is 49.7 Å². The lowest BCUT2D eigenvalue weighted by Crippen LogP contribution is -1.96. The Bertz CT molecular complexity index is 67.7. The summed E-state index contributed by atoms with van der Waals surface area (Å²) in [6.45, 7) is 0. The quantitative estimate of drug-likeness (QED) is 0.548. The lowest BCUT2D eigenvalue weighted by atomic mass is 10.0. The molecule has 10 heavy (non-hydrogen) atoms. The molecule has 58 valence electrons. The van der Waals surface area contributed by atoms with Crippen molar-refractivity contribution >= 4 is 33.3 Å². The summed E-state index contributed by atoms with van der Waals surface area (Å²) in [5, 5.41) is 0. The van der Waals surface area contributed by atoms with E-state index in [0.717, 1.165) is 4.78 Å². The van der Waals surface area contributed by atoms with Gasteiger partial charge in [-0.2, -0.15) is 0 Å². The molecule has 1 aliphatic rings. The maximum Gasteiger partial charge on any atom is 0.123 e. The van der Waals surface area contributed by atoms with Crippen molar-refractivity contribution in [1.29, 1.82) is 0 Å². The third-order valence-electron chi connectivity index (χ3n) is 2.15. The Kier molecular flexibility index (Phi) is 7.38. The van der Waals surface area contributed by atoms with Crippen molar-refractivity contribution in [3.05, 3.63) is 0 Å². The first-order valence-electron chi connectivity index (χ1n) is 4.15. The number of hydrogen-bond donors (Lipinski definition) is 0. The van der Waals surface area contributed by atoms with Crippen molar-refractivity contribution in [2.75, 3.05) is 0 Å². The summed E-state index contributed by atoms with van der Waals surface area (Å²) >= 11 is 2.96. The van der Waals surface area contributed by atoms with E-state index >= 15 is 0 Å². The van der Waals surface area contributed by atoms with Gasteiger partial charge in [0.15, 0.2) is 0 Å². The van der Waals surface area contributed by atoms with E-state index < -0.39 is 0 Å². The molecular weight excluding hydrogens is 203 g/mol. The van der Waals surface area contributed by atoms with E-state index in [9.17, 15) is 0 Å². The highest BCUT2D eigenvalue weighted by Crippen LogP contribution is 2.23. The molecule has 0 aromatic heterocycles. The van der Waals surface area contributed by atoms with Crippen LogP contribution in [0.5, 0.6) is 0 Å². The van der Waals surface area contributed by atoms with Gasteiger partial charge >= 0.3 is 0 Å². The van der Waals surface area contributed by atoms with Gasteiger partial charge in [0.1, 0.15) is 16.3 Å². The second-order valence-electron chi connectivity index (χ2n) is 3.11. The molecule has 1 fully saturated rings. The maximum absolute atomic E-state index is 2.96. The Labute approximate surface area is 83.0 Å². The average molecular weight is 219 g/mol. The Balaban J connectivity index is 0.000000810. The van der Waals surface area contributed by atoms with Crippen LogP contribution in [0, 0.1) is 0 Å². The Morgan fingerprint density at radius 2 is 1.20 bits per heavy atom. The molecule has 0 aliphatic heterocycles. The van der Waals surface area contributed by atoms with Crippen LogP contribution in [-0.2, 0) is 0 Å². The van der Waals surface area contributed by atoms with Crippen LogP contribution in [0.3, 0.4) is 0 Å². The van der Waals surface area contributed by atoms with Gasteiger partial charge < -0.3 is 0 Å². The van der Waals surface area contributed by atoms with Gasteiger partial charge in [-0.15, -0.1) is 21.8 Å². The van der Waals surface area contributed by atoms with Crippen LogP contribution in [0.2, 0.25) is 4.78 Å². The highest BCUT2D eigenvalue weighted by Gasteiger charge is 2.03. The first kappa shape index (κ1) is 11.0. The zero-order valence-corrected chi connectivity index (χ0v) is 9.38. The summed E-state index contributed by atoms with van der Waals surface area (Å²) < 4.78 is 0.935. The predicted molar refractivity (Wildman–Crippen MR) is 52.1 cm³/mol. The van der Waals surface area contributed by atoms with Gasteiger partial charge in [-0.25, -0.2) is 0 Å². The van der Waals surface area contributed by atoms with Crippen molar-refractivity contribution < 1.29 is 0 Å². The molecule has 1 aliphatic carbocycles. The van der Waals surface area contributed by atoms with Gasteiger partial charge in [-0.05, 0) is 0 Å². The molecule has 0 amide bonds. The zero-order chi connectivity index (χ0) is 6.53. The van der Waals surface area contributed by atoms with Crippen LogP contribution in [0.15, 0.2) is 0 Å². The molecule has 1 rings (SSSR count). The van der Waals surface area contributed by atoms with Gasteiger partial charge in [0, 0.05) is 0 Å². The lowest BCUT2D eigenvalue weighted by molar-refractivity contribution is 0.504. The molecule has 0 aromatic carbocycles. The first-order chi connectivity index (χ1) is 4.39. The van der Waals surface area contributed by atoms with Crippen LogP contribution in [0.25, 0.3) is 0 Å². The molecule has 0 heterocycles. The van der Waals surface area contributed by atoms with E-state index in [1.807, 2.05) is 0 Å². The second kappa shape index (κ2) is 6.71. The third-order valence-corrected chi connectivity index (χ3v) is 2.82. The summed E-state index contributed by atoms with van der Waals surface area (Å²) in [6, 6.07) is 0. The molecule has 0 spiro atoms. The average Bonchev–Trinajstić information content (AvgIpc) is 1.79. The minimum absolute atomic E-state index is 0. The normalized spacial score (nSPS) is 22.4. The Morgan fingerprint density at radius 3 is 1.70 bits per heavy atom. The van der Waals surface area contributed by atoms with Gasteiger partial charge in [0.05, 0.1) is 0 Å². The van der Waals surface area contributed by atoms with E-state index in [0.29, 0.717) is 0 Å². The molecule has 2 radical (unpaired) electrons. The molecular formula is C8H16AlBr. The molecule has 0 bridgehead atoms. The molecule has 1 saturated carbocycles. The van der Waals surface area contributed by atoms with Crippen LogP contribution in [0.1, 0.15) is 44.9 Å². The standard InChI is InChI=1S/C8H15.Al.BrH/c1-2-4-6-8-7-5-3-1;;/h1H,2-8H2;;1H. The minimum Gasteiger partial charge on any atom is -0.114 e. The smallest absolute Gasteiger partial charge is 0.114 e. The second-order valence-corrected chi connectivity index (χ2v) is 4.05. The first-order valence-corrected chi connectivity index (χ1v) is 4.82. The summed E-state index contributed by atoms with van der Waals surface area (Å²) in [5.41, 5.74) is 0. The number of rotatable bonds is 0. The molecule has 2 heteroatoms. The van der Waals surface area contributed by atoms with Crippen molar-refractivity contribution in [3.8, 4) is 0 Å². The Morgan fingerprint density at radius 1 is 0.800 bits per heavy atom. The highest BCUT2D eigenvalue weighted by molar-refractivity contribution is 8.93. The van der Waals surface area contributed by atoms with Crippen molar-refractivity contribution in [2.24, 2.45) is 0 Å². The molecule has 0 N–H and O–H groups in total. The largest absolute Gasteiger partial charge is 0.123 e. The fourth-order valence-electron chi connectivity index (χ4n) is 1.49. The fourth-order valence-corrected chi connectivity index (χ4v) is 1.96. The van der Waals surface area contributed by atoms with Gasteiger partial charge in [0.25, 0.3) is 0 Å². The fraction of sp³-hybridized carbons (Fsp3) is 1.00. The molecule has 0 saturated heterocycles. The topological polar surface area (TPSA) is 0 Å². The van der Waals surface area contributed by atoms with E-state index in [1.165, 1.54) is 44.9 Å². The van der Waals surface area contributed by atoms with Crippen LogP contribution >= 0.6 is 17.0 Å². The molecule has 0 nitrogen and oxygen atoms in total. The van der Waals surface area contributed by atoms with E-state index in [4.69, 9.17) is 0 Å². The zero-order valence-electron chi connectivity index (χ0n) is 6.51. The predicted octanol–water partition coefficient (Wildman–Crippen LogP) is 3.27. The van der Waals surface area contributed by atoms with Crippen molar-refractivity contribution in [3.63, 3.8) is 0 Å². The minimum atomic E-state index is 0. The summed E-state index contributed by atoms with van der Waals surface area (Å²) in [6.07, 6.45) is 10.3. The van der Waals surface area contributed by atoms with E-state index in [-0.39, 0.29) is 17.0 Å². The number of halogens is 1. The van der Waals surface area contributed by atoms with Crippen molar-refractivity contribution in [1.82, 2.24) is 0 Å². The van der Waals surface area contributed by atoms with Gasteiger partial charge in [-0.1, -0.05) is 44.9 Å². The Hall–Kier alpha value is 1.01. The van der Waals surface area contributed by atoms with E-state index in [2.05, 4.69) is 16.3 Å². The highest BCUT2D eigenvalue weighted by atomic mass is 79.9. The summed E-state index contributed by atoms with van der Waals surface area (Å²) in [7, 11) is 0. The maximum atomic E-state index is 2.96. The van der Waals surface area contributed by atoms with Crippen LogP contribution in [0.4, 0.5) is 0 Å². The van der Waals surface area contributed by atoms with Crippen LogP contribution < -0.4 is 0 Å². The third kappa shape index (κ3) is 4.77. The van der Waals surface area contributed by atoms with E-state index in [1.54, 1.807) is 0 Å². The monoisotopic (exact) mass is 218 g/mol. The van der Waals surface area contributed by atoms with Gasteiger partial charge in [0.2, 0.25) is 0 Å². The van der Waals surface area contributed by atoms with Crippen LogP contribution in [-0.4, -0.2) is 16.3 Å². The summed E-state index contributed by atoms with van der Waals surface area (Å²) in [5.74, 6) is 0. The SMILES string of the molecule is Br.[Al][CH]1CCCCCCC1.